The van der Waals surface area contributed by atoms with Crippen LogP contribution >= 0.6 is 22.7 Å². The summed E-state index contributed by atoms with van der Waals surface area (Å²) < 4.78 is 63.7. The van der Waals surface area contributed by atoms with Crippen LogP contribution in [0.4, 0.5) is 41.1 Å². The van der Waals surface area contributed by atoms with Crippen LogP contribution in [-0.2, 0) is 64.5 Å². The Kier molecular flexibility index (Phi) is 36.4. The van der Waals surface area contributed by atoms with Crippen LogP contribution in [0.25, 0.3) is 65.5 Å². The van der Waals surface area contributed by atoms with Crippen molar-refractivity contribution in [2.45, 2.75) is 236 Å². The molecule has 4 aromatic carbocycles. The molecule has 0 bridgehead atoms. The lowest BCUT2D eigenvalue weighted by molar-refractivity contribution is -0.146. The highest BCUT2D eigenvalue weighted by Crippen LogP contribution is 2.39. The number of carboxylic acid groups (broad SMARTS) is 1. The number of nitrogens with one attached hydrogen (secondary N) is 6. The standard InChI is InChI=1S/C54H65F2N11O5S.C28H38N4O6S.C25H28F2N8/c1-32(2)67-34(4)61-49-42(55)22-38(23-44(49)67)48-43(56)28-59-53(63-48)62-46-17-14-36(27-57-46)29-64-18-20-65(21-19-64)47(70)11-9-8-10-39(68)24-41(54(5,6)7)52(72)66-30-40(69)25-45(66)51(71)58-26-35-12-15-37(16-13-35)50-33(3)60-31-73-50;1-17-24(39-16-30-17)19-11-9-18(10-12-19)14-29-26(37)21-13-20(33)15-32(21)27(38)25(28(2,3)4)31-22(34)7-5-6-8-23(35)36;1-15(2)35-16(3)31-24-19(26)10-18(11-21(24)35)23-20(27)13-30-25(33-23)32-22-5-4-17(12-29-22)14-34-8-6-28-7-9-34/h12-17,22-23,27-28,31-32,40-41,45,69H,8-11,18-21,24-26,29-30H2,1-7H3,(H,58,71)(H,57,59,62,63);9-12,16,20-21,25,33H,5-8,13-15H2,1-4H3,(H,29,37)(H,31,34)(H,35,36);4-5,10-13,15,28H,6-9,14H2,1-3H3,(H,29,30,32,33)/t40-,41-,45+;20-,21+,25-;/m11./s1. The van der Waals surface area contributed by atoms with Gasteiger partial charge in [0.2, 0.25) is 47.3 Å². The topological polar surface area (TPSA) is 424 Å². The first-order valence-electron chi connectivity index (χ1n) is 49.9. The Morgan fingerprint density at radius 2 is 0.918 bits per heavy atom. The van der Waals surface area contributed by atoms with Crippen LogP contribution in [0.5, 0.6) is 0 Å². The van der Waals surface area contributed by atoms with Gasteiger partial charge >= 0.3 is 5.97 Å². The zero-order valence-electron chi connectivity index (χ0n) is 85.5. The summed E-state index contributed by atoms with van der Waals surface area (Å²) in [5, 5.41) is 47.8. The maximum Gasteiger partial charge on any atom is 0.303 e. The fourth-order valence-corrected chi connectivity index (χ4v) is 20.5. The predicted molar refractivity (Wildman–Crippen MR) is 556 cm³/mol. The van der Waals surface area contributed by atoms with E-state index < -0.39 is 82.2 Å². The van der Waals surface area contributed by atoms with Crippen LogP contribution in [0.3, 0.4) is 0 Å². The molecule has 6 amide bonds. The third-order valence-corrected chi connectivity index (χ3v) is 28.7. The maximum atomic E-state index is 15.2. The summed E-state index contributed by atoms with van der Waals surface area (Å²) in [5.74, 6) is -3.23. The van der Waals surface area contributed by atoms with Gasteiger partial charge in [-0.15, -0.1) is 22.7 Å². The summed E-state index contributed by atoms with van der Waals surface area (Å²) >= 11 is 3.14. The van der Waals surface area contributed by atoms with Crippen molar-refractivity contribution in [1.29, 1.82) is 0 Å². The number of carbonyl (C=O) groups is 8. The molecule has 34 nitrogen and oxygen atoms in total. The van der Waals surface area contributed by atoms with Gasteiger partial charge in [0.05, 0.1) is 67.8 Å². The number of aromatic nitrogens is 12. The lowest BCUT2D eigenvalue weighted by Crippen LogP contribution is -2.57. The van der Waals surface area contributed by atoms with Crippen molar-refractivity contribution in [3.8, 4) is 43.4 Å². The molecule has 8 aromatic heterocycles. The second kappa shape index (κ2) is 49.0. The van der Waals surface area contributed by atoms with Crippen molar-refractivity contribution in [2.24, 2.45) is 16.7 Å². The quantitative estimate of drug-likeness (QED) is 0.0132. The number of aryl methyl sites for hydroxylation is 4. The molecule has 9 N–H and O–H groups in total. The molecular weight excluding hydrogens is 1920 g/mol. The van der Waals surface area contributed by atoms with Crippen LogP contribution in [0.1, 0.15) is 197 Å². The molecule has 12 heterocycles. The minimum atomic E-state index is -0.918. The first-order chi connectivity index (χ1) is 70.1. The molecule has 0 unspecified atom stereocenters. The molecule has 0 saturated carbocycles. The summed E-state index contributed by atoms with van der Waals surface area (Å²) in [6.45, 7) is 35.2. The first kappa shape index (κ1) is 109. The number of piperazine rings is 2. The molecule has 4 aliphatic rings. The number of thiazole rings is 2. The molecule has 12 aromatic rings. The third kappa shape index (κ3) is 28.3. The van der Waals surface area contributed by atoms with Crippen molar-refractivity contribution >= 4 is 115 Å². The summed E-state index contributed by atoms with van der Waals surface area (Å²) in [6.07, 6.45) is 6.67. The molecule has 0 spiro atoms. The van der Waals surface area contributed by atoms with Gasteiger partial charge in [0.25, 0.3) is 0 Å². The van der Waals surface area contributed by atoms with Crippen LogP contribution in [0.15, 0.2) is 133 Å². The smallest absolute Gasteiger partial charge is 0.303 e. The number of likely N-dealkylation sites (tertiary alicyclic amines) is 2. The summed E-state index contributed by atoms with van der Waals surface area (Å²) in [4.78, 5) is 159. The van der Waals surface area contributed by atoms with Gasteiger partial charge in [-0.1, -0.05) is 102 Å². The van der Waals surface area contributed by atoms with E-state index in [1.165, 1.54) is 21.9 Å². The SMILES string of the molecule is Cc1nc2c(F)cc(-c3nc(Nc4ccc(CN5CCNCC5)cn4)ncc3F)cc2n1C(C)C.Cc1ncsc1-c1ccc(CNC(=O)[C@@H]2C[C@@H](O)CN2C(=O)[C@@H](CC(=O)CCCCC(=O)N2CCN(Cc3ccc(Nc4ncc(F)c(-c5cc(F)c6nc(C)n(C(C)C)c6c5)n4)nc3)CC2)C(C)(C)C)cc1.Cc1ncsc1-c1ccc(CNC(=O)[C@@H]2C[C@@H](O)CN2C(=O)[C@@H](NC(=O)CCCCC(=O)O)C(C)(C)C)cc1. The lowest BCUT2D eigenvalue weighted by Gasteiger charge is -2.35. The molecule has 40 heteroatoms. The Balaban J connectivity index is 0.000000193. The number of unbranched alkanes of at least 4 members (excludes halogenated alkanes) is 2. The summed E-state index contributed by atoms with van der Waals surface area (Å²) in [5.41, 5.74) is 12.5. The Morgan fingerprint density at radius 3 is 1.34 bits per heavy atom. The van der Waals surface area contributed by atoms with Crippen LogP contribution in [0.2, 0.25) is 0 Å². The second-order valence-electron chi connectivity index (χ2n) is 40.7. The van der Waals surface area contributed by atoms with Gasteiger partial charge < -0.3 is 71.1 Å². The van der Waals surface area contributed by atoms with E-state index >= 15 is 8.78 Å². The number of amides is 6. The molecule has 147 heavy (non-hydrogen) atoms. The number of nitrogens with zero attached hydrogens (tertiary/aromatic N) is 17. The van der Waals surface area contributed by atoms with Crippen molar-refractivity contribution in [2.75, 3.05) is 76.1 Å². The van der Waals surface area contributed by atoms with Gasteiger partial charge in [0.15, 0.2) is 23.3 Å². The number of pyridine rings is 2. The number of rotatable bonds is 35. The highest BCUT2D eigenvalue weighted by Gasteiger charge is 2.47. The predicted octanol–water partition coefficient (Wildman–Crippen LogP) is 15.4. The number of aliphatic hydroxyl groups is 2. The van der Waals surface area contributed by atoms with Crippen LogP contribution in [0, 0.1) is 67.7 Å². The van der Waals surface area contributed by atoms with Gasteiger partial charge in [-0.3, -0.25) is 48.2 Å². The highest BCUT2D eigenvalue weighted by atomic mass is 32.1. The number of hydrogen-bond acceptors (Lipinski definition) is 27. The van der Waals surface area contributed by atoms with Gasteiger partial charge in [-0.25, -0.2) is 67.4 Å². The summed E-state index contributed by atoms with van der Waals surface area (Å²) in [7, 11) is 0. The van der Waals surface area contributed by atoms with Gasteiger partial charge in [0.1, 0.15) is 69.6 Å². The Labute approximate surface area is 860 Å². The van der Waals surface area contributed by atoms with Crippen LogP contribution in [-0.4, -0.2) is 242 Å². The average molecular weight is 2060 g/mol. The van der Waals surface area contributed by atoms with Gasteiger partial charge in [-0.2, -0.15) is 0 Å². The fourth-order valence-electron chi connectivity index (χ4n) is 18.9. The normalized spacial score (nSPS) is 16.7. The van der Waals surface area contributed by atoms with E-state index in [0.717, 1.165) is 99.6 Å². The number of carbonyl (C=O) groups excluding carboxylic acids is 7. The Hall–Kier alpha value is -13.4. The Morgan fingerprint density at radius 1 is 0.483 bits per heavy atom. The number of anilines is 4. The van der Waals surface area contributed by atoms with E-state index in [-0.39, 0.29) is 152 Å². The lowest BCUT2D eigenvalue weighted by atomic mass is 9.76. The van der Waals surface area contributed by atoms with E-state index in [2.05, 4.69) is 91.5 Å². The number of imidazole rings is 2. The molecule has 4 aliphatic heterocycles. The van der Waals surface area contributed by atoms with E-state index in [1.807, 2.05) is 189 Å². The summed E-state index contributed by atoms with van der Waals surface area (Å²) in [6, 6.07) is 26.7. The van der Waals surface area contributed by atoms with E-state index in [1.54, 1.807) is 52.6 Å². The van der Waals surface area contributed by atoms with Crippen molar-refractivity contribution in [3.05, 3.63) is 201 Å². The van der Waals surface area contributed by atoms with E-state index in [0.29, 0.717) is 105 Å². The highest BCUT2D eigenvalue weighted by molar-refractivity contribution is 7.13. The minimum absolute atomic E-state index is 0.000872. The number of hydrogen-bond donors (Lipinski definition) is 9. The molecule has 6 atom stereocenters. The molecule has 4 saturated heterocycles. The largest absolute Gasteiger partial charge is 0.481 e. The van der Waals surface area contributed by atoms with Crippen molar-refractivity contribution < 1.29 is 71.2 Å². The van der Waals surface area contributed by atoms with Gasteiger partial charge in [0, 0.05) is 178 Å². The fraction of sp³-hybridized carbons (Fsp3) is 0.458. The number of β-amino-alcohol motifs (C(OH)–C–C–N with tert-alkyl or cyclic N) is 2. The minimum Gasteiger partial charge on any atom is -0.481 e. The number of halogens is 4. The average Bonchev–Trinajstić information content (AvgIpc) is 1.62. The third-order valence-electron chi connectivity index (χ3n) is 26.7. The monoisotopic (exact) mass is 2050 g/mol. The first-order valence-corrected chi connectivity index (χ1v) is 51.7. The molecule has 16 rings (SSSR count). The maximum absolute atomic E-state index is 15.2. The van der Waals surface area contributed by atoms with Crippen LogP contribution < -0.4 is 31.9 Å². The van der Waals surface area contributed by atoms with E-state index in [4.69, 9.17) is 5.11 Å². The van der Waals surface area contributed by atoms with Gasteiger partial charge in [-0.05, 0) is 162 Å². The molecule has 0 radical (unpaired) electrons. The number of aliphatic carboxylic acids is 1. The number of Topliss-reactive ketones (excluding diaryl/α,β-unsaturated/α-hetero) is 1. The molecule has 780 valence electrons. The molecular formula is C107H131F4N23O11S2. The number of benzene rings is 4. The number of ketones is 1. The molecule has 0 aliphatic carbocycles. The van der Waals surface area contributed by atoms with Crippen molar-refractivity contribution in [3.63, 3.8) is 0 Å². The number of fused-ring (bicyclic) bond motifs is 2. The zero-order chi connectivity index (χ0) is 105. The van der Waals surface area contributed by atoms with E-state index in [9.17, 15) is 57.4 Å². The number of carboxylic acids is 1. The molecule has 4 fully saturated rings. The van der Waals surface area contributed by atoms with Crippen molar-refractivity contribution in [1.82, 2.24) is 105 Å². The Bertz CT molecular complexity index is 6660. The zero-order valence-corrected chi connectivity index (χ0v) is 87.2. The number of aliphatic hydroxyl groups excluding tert-OH is 2. The second-order valence-corrected chi connectivity index (χ2v) is 42.4.